The number of rotatable bonds is 8. The summed E-state index contributed by atoms with van der Waals surface area (Å²) in [6.07, 6.45) is -3.12. The summed E-state index contributed by atoms with van der Waals surface area (Å²) in [7, 11) is 0. The number of hydrogen-bond donors (Lipinski definition) is 2. The summed E-state index contributed by atoms with van der Waals surface area (Å²) in [5.41, 5.74) is 6.03. The van der Waals surface area contributed by atoms with Crippen molar-refractivity contribution in [3.05, 3.63) is 23.8 Å². The average molecular weight is 575 g/mol. The number of nitrogens with one attached hydrogen (secondary N) is 1. The first-order chi connectivity index (χ1) is 16.3. The van der Waals surface area contributed by atoms with Gasteiger partial charge in [-0.3, -0.25) is 9.59 Å². The molecule has 2 unspecified atom stereocenters. The highest BCUT2D eigenvalue weighted by Crippen LogP contribution is 2.31. The Balaban J connectivity index is 0.00000648. The van der Waals surface area contributed by atoms with E-state index in [4.69, 9.17) is 29.4 Å². The molecule has 1 aromatic rings. The van der Waals surface area contributed by atoms with Crippen LogP contribution in [-0.4, -0.2) is 54.4 Å². The summed E-state index contributed by atoms with van der Waals surface area (Å²) >= 11 is 0. The lowest BCUT2D eigenvalue weighted by atomic mass is 10.0. The largest absolute Gasteiger partial charge is 0.461 e. The molecule has 0 saturated carbocycles. The van der Waals surface area contributed by atoms with Crippen LogP contribution in [0.4, 0.5) is 4.79 Å². The van der Waals surface area contributed by atoms with Crippen LogP contribution in [0.3, 0.4) is 0 Å². The van der Waals surface area contributed by atoms with Crippen LogP contribution < -0.4 is 20.5 Å². The van der Waals surface area contributed by atoms with Crippen molar-refractivity contribution in [2.45, 2.75) is 71.9 Å². The minimum atomic E-state index is -1.20. The van der Waals surface area contributed by atoms with Gasteiger partial charge in [-0.2, -0.15) is 0 Å². The molecule has 0 aliphatic carbocycles. The number of amides is 1. The Morgan fingerprint density at radius 1 is 1.00 bits per heavy atom. The van der Waals surface area contributed by atoms with E-state index in [1.807, 2.05) is 0 Å². The second kappa shape index (κ2) is 13.8. The van der Waals surface area contributed by atoms with Gasteiger partial charge >= 0.3 is 30.0 Å². The van der Waals surface area contributed by atoms with Gasteiger partial charge in [0.25, 0.3) is 0 Å². The number of fused-ring (bicyclic) bond motifs is 1. The molecule has 1 heterocycles. The molecule has 0 saturated heterocycles. The third kappa shape index (κ3) is 9.46. The smallest absolute Gasteiger partial charge is 0.410 e. The van der Waals surface area contributed by atoms with Crippen molar-refractivity contribution in [1.82, 2.24) is 5.32 Å². The number of ether oxygens (including phenoxy) is 5. The Bertz CT molecular complexity index is 982. The molecule has 0 bridgehead atoms. The van der Waals surface area contributed by atoms with Gasteiger partial charge in [-0.15, -0.1) is 17.0 Å². The lowest BCUT2D eigenvalue weighted by Gasteiger charge is -2.22. The van der Waals surface area contributed by atoms with Crippen molar-refractivity contribution in [3.63, 3.8) is 0 Å². The monoisotopic (exact) mass is 574 g/mol. The maximum Gasteiger partial charge on any atom is 0.410 e. The van der Waals surface area contributed by atoms with Crippen molar-refractivity contribution in [2.24, 2.45) is 11.7 Å². The average Bonchev–Trinajstić information content (AvgIpc) is 2.73. The molecule has 0 aromatic heterocycles. The van der Waals surface area contributed by atoms with Crippen LogP contribution in [0.1, 0.15) is 46.6 Å². The Hall–Kier alpha value is -3.19. The van der Waals surface area contributed by atoms with E-state index in [2.05, 4.69) is 5.32 Å². The number of halogens is 1. The first kappa shape index (κ1) is 30.8. The van der Waals surface area contributed by atoms with E-state index in [9.17, 15) is 24.0 Å². The Labute approximate surface area is 218 Å². The van der Waals surface area contributed by atoms with Gasteiger partial charge in [0.15, 0.2) is 11.5 Å². The normalized spacial score (nSPS) is 16.7. The zero-order valence-electron chi connectivity index (χ0n) is 20.6. The SMILES string of the molecule is Br.CC(C)OC(=O)[C@H](Cc1ccc2c(c1)OC(=O)CC(N)C(=O)O2)NC(=O)OC(C)OC(=O)C(C)C. The van der Waals surface area contributed by atoms with Gasteiger partial charge in [0.1, 0.15) is 12.1 Å². The predicted molar refractivity (Wildman–Crippen MR) is 129 cm³/mol. The number of carbonyl (C=O) groups is 5. The Morgan fingerprint density at radius 3 is 2.28 bits per heavy atom. The van der Waals surface area contributed by atoms with E-state index >= 15 is 0 Å². The molecule has 36 heavy (non-hydrogen) atoms. The molecule has 0 fully saturated rings. The second-order valence-corrected chi connectivity index (χ2v) is 8.44. The number of hydrogen-bond acceptors (Lipinski definition) is 11. The van der Waals surface area contributed by atoms with Crippen molar-refractivity contribution in [3.8, 4) is 11.5 Å². The summed E-state index contributed by atoms with van der Waals surface area (Å²) < 4.78 is 25.6. The molecule has 2 rings (SSSR count). The van der Waals surface area contributed by atoms with Crippen LogP contribution in [0.5, 0.6) is 11.5 Å². The third-order valence-corrected chi connectivity index (χ3v) is 4.53. The lowest BCUT2D eigenvalue weighted by Crippen LogP contribution is -2.45. The number of esters is 4. The number of benzene rings is 1. The fourth-order valence-corrected chi connectivity index (χ4v) is 2.85. The molecule has 12 nitrogen and oxygen atoms in total. The van der Waals surface area contributed by atoms with E-state index < -0.39 is 60.4 Å². The van der Waals surface area contributed by atoms with Gasteiger partial charge in [0.2, 0.25) is 6.29 Å². The van der Waals surface area contributed by atoms with E-state index in [-0.39, 0.29) is 41.3 Å². The summed E-state index contributed by atoms with van der Waals surface area (Å²) in [6.45, 7) is 7.90. The topological polar surface area (TPSA) is 170 Å². The Kier molecular flexibility index (Phi) is 11.8. The molecule has 0 radical (unpaired) electrons. The maximum atomic E-state index is 12.6. The molecule has 1 aliphatic rings. The molecule has 0 spiro atoms. The van der Waals surface area contributed by atoms with Gasteiger partial charge in [-0.1, -0.05) is 19.9 Å². The van der Waals surface area contributed by atoms with E-state index in [1.165, 1.54) is 25.1 Å². The van der Waals surface area contributed by atoms with E-state index in [0.29, 0.717) is 5.56 Å². The highest BCUT2D eigenvalue weighted by atomic mass is 79.9. The maximum absolute atomic E-state index is 12.6. The molecule has 1 aromatic carbocycles. The summed E-state index contributed by atoms with van der Waals surface area (Å²) in [6, 6.07) is 1.94. The first-order valence-electron chi connectivity index (χ1n) is 11.0. The minimum Gasteiger partial charge on any atom is -0.461 e. The summed E-state index contributed by atoms with van der Waals surface area (Å²) in [5, 5.41) is 2.39. The number of alkyl carbamates (subject to hydrolysis) is 1. The zero-order chi connectivity index (χ0) is 26.3. The minimum absolute atomic E-state index is 0. The van der Waals surface area contributed by atoms with Crippen molar-refractivity contribution < 1.29 is 47.7 Å². The highest BCUT2D eigenvalue weighted by Gasteiger charge is 2.29. The number of nitrogens with two attached hydrogens (primary N) is 1. The molecule has 1 aliphatic heterocycles. The highest BCUT2D eigenvalue weighted by molar-refractivity contribution is 8.93. The third-order valence-electron chi connectivity index (χ3n) is 4.53. The van der Waals surface area contributed by atoms with Gasteiger partial charge < -0.3 is 34.7 Å². The molecule has 1 amide bonds. The van der Waals surface area contributed by atoms with E-state index in [1.54, 1.807) is 27.7 Å². The van der Waals surface area contributed by atoms with Gasteiger partial charge in [-0.05, 0) is 31.5 Å². The first-order valence-corrected chi connectivity index (χ1v) is 11.0. The van der Waals surface area contributed by atoms with Crippen molar-refractivity contribution in [1.29, 1.82) is 0 Å². The lowest BCUT2D eigenvalue weighted by molar-refractivity contribution is -0.169. The molecule has 3 N–H and O–H groups in total. The van der Waals surface area contributed by atoms with Crippen molar-refractivity contribution in [2.75, 3.05) is 0 Å². The second-order valence-electron chi connectivity index (χ2n) is 8.44. The summed E-state index contributed by atoms with van der Waals surface area (Å²) in [4.78, 5) is 60.6. The predicted octanol–water partition coefficient (Wildman–Crippen LogP) is 1.94. The van der Waals surface area contributed by atoms with Crippen LogP contribution in [0.2, 0.25) is 0 Å². The molecular weight excluding hydrogens is 544 g/mol. The Morgan fingerprint density at radius 2 is 1.67 bits per heavy atom. The van der Waals surface area contributed by atoms with Crippen molar-refractivity contribution >= 4 is 47.0 Å². The van der Waals surface area contributed by atoms with Gasteiger partial charge in [0, 0.05) is 13.3 Å². The fraction of sp³-hybridized carbons (Fsp3) is 0.522. The van der Waals surface area contributed by atoms with Crippen LogP contribution >= 0.6 is 17.0 Å². The number of carbonyl (C=O) groups excluding carboxylic acids is 5. The van der Waals surface area contributed by atoms with Crippen LogP contribution in [-0.2, 0) is 39.8 Å². The standard InChI is InChI=1S/C23H30N2O10.BrH/c1-11(2)20(27)32-13(5)33-23(30)25-16(22(29)31-12(3)4)8-14-6-7-17-18(9-14)34-19(26)10-15(24)21(28)35-17;/h6-7,9,11-13,15-16H,8,10,24H2,1-5H3,(H,25,30);1H/t13?,15?,16-;/m0./s1. The molecule has 3 atom stereocenters. The summed E-state index contributed by atoms with van der Waals surface area (Å²) in [5.74, 6) is -3.29. The fourth-order valence-electron chi connectivity index (χ4n) is 2.85. The van der Waals surface area contributed by atoms with Crippen LogP contribution in [0.15, 0.2) is 18.2 Å². The van der Waals surface area contributed by atoms with Crippen LogP contribution in [0, 0.1) is 5.92 Å². The van der Waals surface area contributed by atoms with Gasteiger partial charge in [0.05, 0.1) is 18.4 Å². The van der Waals surface area contributed by atoms with Gasteiger partial charge in [-0.25, -0.2) is 14.4 Å². The molecule has 13 heteroatoms. The molecular formula is C23H31BrN2O10. The molecule has 200 valence electrons. The quantitative estimate of drug-likeness (QED) is 0.264. The van der Waals surface area contributed by atoms with E-state index in [0.717, 1.165) is 0 Å². The zero-order valence-corrected chi connectivity index (χ0v) is 22.3. The van der Waals surface area contributed by atoms with Crippen LogP contribution in [0.25, 0.3) is 0 Å².